The van der Waals surface area contributed by atoms with Crippen molar-refractivity contribution in [3.63, 3.8) is 0 Å². The van der Waals surface area contributed by atoms with Gasteiger partial charge in [0.25, 0.3) is 5.91 Å². The lowest BCUT2D eigenvalue weighted by atomic mass is 9.72. The molecule has 5 aliphatic rings. The number of morpholine rings is 1. The highest BCUT2D eigenvalue weighted by Gasteiger charge is 2.55. The van der Waals surface area contributed by atoms with Crippen molar-refractivity contribution in [2.24, 2.45) is 0 Å². The number of fused-ring (bicyclic) bond motifs is 6. The number of phenols is 2. The minimum atomic E-state index is -2.40. The molecule has 3 saturated heterocycles. The van der Waals surface area contributed by atoms with Crippen molar-refractivity contribution in [3.8, 4) is 17.2 Å². The van der Waals surface area contributed by atoms with Gasteiger partial charge in [0.1, 0.15) is 23.4 Å². The van der Waals surface area contributed by atoms with E-state index >= 15 is 0 Å². The normalized spacial score (nSPS) is 23.7. The van der Waals surface area contributed by atoms with E-state index in [1.54, 1.807) is 47.8 Å². The van der Waals surface area contributed by atoms with Gasteiger partial charge >= 0.3 is 0 Å². The first-order valence-electron chi connectivity index (χ1n) is 28.5. The molecule has 0 saturated carbocycles. The van der Waals surface area contributed by atoms with Crippen molar-refractivity contribution >= 4 is 58.6 Å². The quantitative estimate of drug-likeness (QED) is 0.0233. The molecule has 3 aromatic carbocycles. The van der Waals surface area contributed by atoms with Crippen LogP contribution < -0.4 is 20.9 Å². The number of thioether (sulfide) groups is 2. The van der Waals surface area contributed by atoms with Gasteiger partial charge in [-0.2, -0.15) is 23.5 Å². The number of aromatic hydroxyl groups is 2. The number of aliphatic hydroxyl groups is 1. The molecule has 460 valence electrons. The van der Waals surface area contributed by atoms with Gasteiger partial charge in [0, 0.05) is 107 Å². The molecule has 2 aliphatic carbocycles. The summed E-state index contributed by atoms with van der Waals surface area (Å²) in [7, 11) is 4.39. The lowest BCUT2D eigenvalue weighted by molar-refractivity contribution is -0.256. The first-order valence-corrected chi connectivity index (χ1v) is 31.2. The Balaban J connectivity index is 0.868. The van der Waals surface area contributed by atoms with Crippen molar-refractivity contribution < 1.29 is 82.1 Å². The number of hydrogen-bond donors (Lipinski definition) is 6. The van der Waals surface area contributed by atoms with Crippen molar-refractivity contribution in [2.75, 3.05) is 60.1 Å². The van der Waals surface area contributed by atoms with Crippen LogP contribution in [-0.2, 0) is 89.9 Å². The molecule has 26 heteroatoms. The van der Waals surface area contributed by atoms with E-state index in [2.05, 4.69) is 31.3 Å². The van der Waals surface area contributed by atoms with Crippen LogP contribution in [0.3, 0.4) is 0 Å². The lowest BCUT2D eigenvalue weighted by Gasteiger charge is -2.43. The van der Waals surface area contributed by atoms with Gasteiger partial charge in [-0.25, -0.2) is 10.2 Å². The highest BCUT2D eigenvalue weighted by atomic mass is 32.2. The number of aromatic nitrogens is 3. The summed E-state index contributed by atoms with van der Waals surface area (Å²) in [5, 5.41) is 51.3. The van der Waals surface area contributed by atoms with Crippen LogP contribution in [-0.4, -0.2) is 179 Å². The first kappa shape index (κ1) is 63.5. The predicted molar refractivity (Wildman–Crippen MR) is 309 cm³/mol. The average molecular weight is 1220 g/mol. The largest absolute Gasteiger partial charge is 0.507 e. The van der Waals surface area contributed by atoms with E-state index in [0.29, 0.717) is 69.7 Å². The number of hydroxylamine groups is 1. The second-order valence-electron chi connectivity index (χ2n) is 21.8. The third-order valence-corrected chi connectivity index (χ3v) is 17.3. The van der Waals surface area contributed by atoms with E-state index < -0.39 is 102 Å². The molecule has 0 unspecified atom stereocenters. The molecule has 85 heavy (non-hydrogen) atoms. The zero-order chi connectivity index (χ0) is 60.5. The van der Waals surface area contributed by atoms with Crippen LogP contribution in [0.15, 0.2) is 42.5 Å². The summed E-state index contributed by atoms with van der Waals surface area (Å²) in [5.74, 6) is -3.03. The van der Waals surface area contributed by atoms with Crippen molar-refractivity contribution in [3.05, 3.63) is 98.4 Å². The summed E-state index contributed by atoms with van der Waals surface area (Å²) in [6, 6.07) is 10.3. The molecular weight excluding hydrogens is 1140 g/mol. The number of aryl methyl sites for hydroxylation is 1. The molecular formula is C59H75N7O17S2. The van der Waals surface area contributed by atoms with Crippen LogP contribution in [0.1, 0.15) is 130 Å². The zero-order valence-corrected chi connectivity index (χ0v) is 50.2. The summed E-state index contributed by atoms with van der Waals surface area (Å²) in [6.07, 6.45) is 0.927. The third-order valence-electron chi connectivity index (χ3n) is 16.2. The molecule has 9 rings (SSSR count). The number of Topliss-reactive ketones (excluding diaryl/α,β-unsaturated/α-hetero) is 1. The molecule has 4 heterocycles. The Morgan fingerprint density at radius 1 is 0.906 bits per heavy atom. The lowest BCUT2D eigenvalue weighted by Crippen LogP contribution is -2.55. The summed E-state index contributed by atoms with van der Waals surface area (Å²) < 4.78 is 43.0. The van der Waals surface area contributed by atoms with E-state index in [9.17, 15) is 44.1 Å². The van der Waals surface area contributed by atoms with Gasteiger partial charge in [-0.05, 0) is 62.3 Å². The van der Waals surface area contributed by atoms with E-state index in [1.807, 2.05) is 24.1 Å². The maximum Gasteiger partial charge on any atom is 0.275 e. The molecule has 6 N–H and O–H groups in total. The van der Waals surface area contributed by atoms with Gasteiger partial charge in [0.15, 0.2) is 36.0 Å². The topological polar surface area (TPSA) is 307 Å². The Bertz CT molecular complexity index is 3090. The summed E-state index contributed by atoms with van der Waals surface area (Å²) in [4.78, 5) is 90.2. The number of nitrogens with zero attached hydrogens (tertiary/aromatic N) is 4. The predicted octanol–water partition coefficient (Wildman–Crippen LogP) is 4.12. The van der Waals surface area contributed by atoms with Crippen LogP contribution in [0.4, 0.5) is 0 Å². The smallest absolute Gasteiger partial charge is 0.275 e. The van der Waals surface area contributed by atoms with Crippen LogP contribution in [0.25, 0.3) is 0 Å². The third kappa shape index (κ3) is 14.0. The number of ether oxygens (including phenoxy) is 7. The standard InChI is InChI=1S/C59H75N7O17S2/c1-32-55-39(65-22-24-79-57(78-4)56(65)83-55)26-46(81-32)82-43-28-59(75,27-36-48(43)54(73)50-49(52(36)71)51(70)35-11-9-13-42(77-3)47(35)53(50)72)58(74)63-80-29-34-17-15-33(16-18-34)25-41(67)37(12-7-8-20-60-44(68)19-23-76-2)61-45(69)14-10-21-66-40(31-85-6)38(30-84-5)62-64-66/h9,11,13,15-18,32,37,39,43,46,55-57,71,73,75H,7-8,10,12,14,19-31H2,1-6H3,(H,60,68)(H,61,69)(H,63,74)/t32-,37-,39-,43-,46-,55+,56+,57-,59-/m0/s1. The monoisotopic (exact) mass is 1220 g/mol. The van der Waals surface area contributed by atoms with Crippen LogP contribution >= 0.6 is 23.5 Å². The Hall–Kier alpha value is -6.04. The number of carbonyl (C=O) groups is 6. The van der Waals surface area contributed by atoms with E-state index in [1.165, 1.54) is 39.5 Å². The Kier molecular flexibility index (Phi) is 21.4. The van der Waals surface area contributed by atoms with Crippen LogP contribution in [0.2, 0.25) is 0 Å². The van der Waals surface area contributed by atoms with Gasteiger partial charge < -0.3 is 59.1 Å². The molecule has 9 atom stereocenters. The maximum atomic E-state index is 14.3. The molecule has 4 aromatic rings. The minimum absolute atomic E-state index is 0.00253. The zero-order valence-electron chi connectivity index (χ0n) is 48.6. The number of phenolic OH excluding ortho intramolecular Hbond substituents is 2. The number of hydrogen-bond acceptors (Lipinski definition) is 22. The molecule has 3 aliphatic heterocycles. The highest BCUT2D eigenvalue weighted by Crippen LogP contribution is 2.53. The fourth-order valence-electron chi connectivity index (χ4n) is 11.9. The Labute approximate surface area is 500 Å². The number of nitrogens with one attached hydrogen (secondary N) is 3. The number of benzene rings is 3. The minimum Gasteiger partial charge on any atom is -0.507 e. The first-order chi connectivity index (χ1) is 41.0. The number of carbonyl (C=O) groups excluding carboxylic acids is 6. The number of ketones is 3. The number of rotatable bonds is 28. The number of methoxy groups -OCH3 is 3. The molecule has 0 radical (unpaired) electrons. The second kappa shape index (κ2) is 28.6. The van der Waals surface area contributed by atoms with E-state index in [4.69, 9.17) is 38.0 Å². The van der Waals surface area contributed by atoms with Gasteiger partial charge in [0.05, 0.1) is 73.3 Å². The molecule has 24 nitrogen and oxygen atoms in total. The van der Waals surface area contributed by atoms with Crippen molar-refractivity contribution in [1.29, 1.82) is 0 Å². The molecule has 0 spiro atoms. The fourth-order valence-corrected chi connectivity index (χ4v) is 13.0. The number of amides is 3. The van der Waals surface area contributed by atoms with E-state index in [-0.39, 0.29) is 83.9 Å². The number of unbranched alkanes of at least 4 members (excludes halogenated alkanes) is 1. The molecule has 0 bridgehead atoms. The van der Waals surface area contributed by atoms with Crippen LogP contribution in [0, 0.1) is 0 Å². The molecule has 3 fully saturated rings. The second-order valence-corrected chi connectivity index (χ2v) is 23.5. The van der Waals surface area contributed by atoms with Gasteiger partial charge in [0.2, 0.25) is 17.6 Å². The summed E-state index contributed by atoms with van der Waals surface area (Å²) in [6.45, 7) is 3.75. The summed E-state index contributed by atoms with van der Waals surface area (Å²) >= 11 is 3.34. The SMILES string of the molecule is COCCC(=O)NCCCC[C@H](NC(=O)CCCn1nnc(CSC)c1CSC)C(=O)Cc1ccc(CONC(=O)[C@]2(O)Cc3c(O)c4c(c(O)c3[C@@H](O[C@H]3C[C@H]5[C@H](O[C@@H]6[C@@H](OC)OCCN65)[C@H](C)O3)C2)C(=O)c2c(OC)cccc2C4=O)cc1. The van der Waals surface area contributed by atoms with Gasteiger partial charge in [-0.1, -0.05) is 41.6 Å². The Morgan fingerprint density at radius 3 is 2.41 bits per heavy atom. The van der Waals surface area contributed by atoms with Crippen molar-refractivity contribution in [2.45, 2.75) is 151 Å². The van der Waals surface area contributed by atoms with Gasteiger partial charge in [-0.3, -0.25) is 38.5 Å². The van der Waals surface area contributed by atoms with E-state index in [0.717, 1.165) is 22.9 Å². The maximum absolute atomic E-state index is 14.3. The molecule has 3 amide bonds. The highest BCUT2D eigenvalue weighted by molar-refractivity contribution is 7.98. The van der Waals surface area contributed by atoms with Crippen molar-refractivity contribution in [1.82, 2.24) is 36.0 Å². The Morgan fingerprint density at radius 2 is 1.67 bits per heavy atom. The van der Waals surface area contributed by atoms with Crippen LogP contribution in [0.5, 0.6) is 17.2 Å². The fraction of sp³-hybridized carbons (Fsp3) is 0.559. The molecule has 1 aromatic heterocycles. The average Bonchev–Trinajstić information content (AvgIpc) is 1.62. The van der Waals surface area contributed by atoms with Gasteiger partial charge in [-0.15, -0.1) is 5.10 Å². The summed E-state index contributed by atoms with van der Waals surface area (Å²) in [5.41, 5.74) is 1.67.